The minimum absolute atomic E-state index is 0.104. The van der Waals surface area contributed by atoms with Crippen LogP contribution in [0.1, 0.15) is 25.7 Å². The zero-order valence-corrected chi connectivity index (χ0v) is 8.52. The molecule has 2 atom stereocenters. The highest BCUT2D eigenvalue weighted by atomic mass is 19.4. The normalized spacial score (nSPS) is 34.6. The molecule has 1 heterocycles. The maximum absolute atomic E-state index is 12.4. The molecule has 0 aromatic rings. The maximum Gasteiger partial charge on any atom is 0.415 e. The van der Waals surface area contributed by atoms with Gasteiger partial charge in [-0.15, -0.1) is 0 Å². The van der Waals surface area contributed by atoms with Crippen LogP contribution in [-0.2, 0) is 4.74 Å². The molecule has 0 radical (unpaired) electrons. The zero-order valence-electron chi connectivity index (χ0n) is 8.52. The summed E-state index contributed by atoms with van der Waals surface area (Å²) >= 11 is 0. The molecule has 2 aliphatic rings. The number of hydrogen-bond acceptors (Lipinski definition) is 2. The molecule has 1 N–H and O–H groups in total. The molecular formula is C10H16F3NO. The molecule has 5 heteroatoms. The zero-order chi connectivity index (χ0) is 10.9. The Labute approximate surface area is 87.2 Å². The fraction of sp³-hybridized carbons (Fsp3) is 1.00. The molecule has 2 rings (SSSR count). The van der Waals surface area contributed by atoms with Gasteiger partial charge in [-0.1, -0.05) is 12.8 Å². The van der Waals surface area contributed by atoms with Crippen molar-refractivity contribution >= 4 is 0 Å². The van der Waals surface area contributed by atoms with E-state index in [-0.39, 0.29) is 12.6 Å². The first kappa shape index (κ1) is 11.2. The van der Waals surface area contributed by atoms with E-state index in [1.165, 1.54) is 0 Å². The number of rotatable bonds is 1. The van der Waals surface area contributed by atoms with Crippen LogP contribution in [0.15, 0.2) is 0 Å². The Balaban J connectivity index is 1.92. The fourth-order valence-corrected chi connectivity index (χ4v) is 2.46. The molecule has 1 aliphatic heterocycles. The first-order valence-corrected chi connectivity index (χ1v) is 5.50. The summed E-state index contributed by atoms with van der Waals surface area (Å²) in [5.41, 5.74) is 0. The Bertz CT molecular complexity index is 213. The molecule has 0 aromatic heterocycles. The lowest BCUT2D eigenvalue weighted by atomic mass is 9.99. The second-order valence-electron chi connectivity index (χ2n) is 4.41. The topological polar surface area (TPSA) is 21.3 Å². The smallest absolute Gasteiger partial charge is 0.363 e. The van der Waals surface area contributed by atoms with Crippen molar-refractivity contribution in [3.8, 4) is 0 Å². The van der Waals surface area contributed by atoms with Gasteiger partial charge in [-0.25, -0.2) is 0 Å². The van der Waals surface area contributed by atoms with Crippen LogP contribution in [0, 0.1) is 5.92 Å². The molecule has 1 saturated carbocycles. The van der Waals surface area contributed by atoms with Gasteiger partial charge >= 0.3 is 6.18 Å². The Morgan fingerprint density at radius 2 is 1.73 bits per heavy atom. The number of nitrogens with one attached hydrogen (secondary N) is 1. The number of morpholine rings is 1. The molecule has 0 bridgehead atoms. The van der Waals surface area contributed by atoms with E-state index < -0.39 is 12.3 Å². The minimum atomic E-state index is -4.23. The first-order chi connectivity index (χ1) is 7.07. The standard InChI is InChI=1S/C10H16F3NO/c11-10(12,13)9-6-14-5-8(15-9)7-3-1-2-4-7/h7-9,14H,1-6H2/t8-,9+/m0/s1. The largest absolute Gasteiger partial charge is 0.415 e. The van der Waals surface area contributed by atoms with Gasteiger partial charge in [-0.2, -0.15) is 13.2 Å². The van der Waals surface area contributed by atoms with Crippen LogP contribution in [0.3, 0.4) is 0 Å². The minimum Gasteiger partial charge on any atom is -0.363 e. The molecule has 0 aromatic carbocycles. The highest BCUT2D eigenvalue weighted by Crippen LogP contribution is 2.33. The van der Waals surface area contributed by atoms with Crippen LogP contribution in [0.2, 0.25) is 0 Å². The maximum atomic E-state index is 12.4. The van der Waals surface area contributed by atoms with Crippen molar-refractivity contribution in [2.24, 2.45) is 5.92 Å². The Morgan fingerprint density at radius 1 is 1.07 bits per heavy atom. The van der Waals surface area contributed by atoms with Gasteiger partial charge in [0.05, 0.1) is 6.10 Å². The monoisotopic (exact) mass is 223 g/mol. The van der Waals surface area contributed by atoms with Gasteiger partial charge in [0.25, 0.3) is 0 Å². The van der Waals surface area contributed by atoms with Crippen LogP contribution >= 0.6 is 0 Å². The molecular weight excluding hydrogens is 207 g/mol. The second kappa shape index (κ2) is 4.29. The Morgan fingerprint density at radius 3 is 2.33 bits per heavy atom. The van der Waals surface area contributed by atoms with Gasteiger partial charge in [-0.05, 0) is 18.8 Å². The van der Waals surface area contributed by atoms with E-state index in [0.29, 0.717) is 12.5 Å². The number of alkyl halides is 3. The molecule has 0 unspecified atom stereocenters. The van der Waals surface area contributed by atoms with E-state index in [9.17, 15) is 13.2 Å². The van der Waals surface area contributed by atoms with Crippen LogP contribution in [0.5, 0.6) is 0 Å². The summed E-state index contributed by atoms with van der Waals surface area (Å²) in [6, 6.07) is 0. The van der Waals surface area contributed by atoms with Crippen LogP contribution in [0.4, 0.5) is 13.2 Å². The van der Waals surface area contributed by atoms with Gasteiger partial charge in [-0.3, -0.25) is 0 Å². The van der Waals surface area contributed by atoms with Gasteiger partial charge < -0.3 is 10.1 Å². The predicted molar refractivity (Wildman–Crippen MR) is 49.5 cm³/mol. The third-order valence-electron chi connectivity index (χ3n) is 3.31. The molecule has 2 nitrogen and oxygen atoms in total. The van der Waals surface area contributed by atoms with Crippen molar-refractivity contribution in [3.63, 3.8) is 0 Å². The second-order valence-corrected chi connectivity index (χ2v) is 4.41. The SMILES string of the molecule is FC(F)(F)[C@H]1CNC[C@@H](C2CCCC2)O1. The fourth-order valence-electron chi connectivity index (χ4n) is 2.46. The summed E-state index contributed by atoms with van der Waals surface area (Å²) in [6.45, 7) is 0.462. The third-order valence-corrected chi connectivity index (χ3v) is 3.31. The average molecular weight is 223 g/mol. The molecule has 0 spiro atoms. The lowest BCUT2D eigenvalue weighted by molar-refractivity contribution is -0.244. The first-order valence-electron chi connectivity index (χ1n) is 5.50. The summed E-state index contributed by atoms with van der Waals surface area (Å²) < 4.78 is 42.5. The van der Waals surface area contributed by atoms with E-state index in [1.807, 2.05) is 0 Å². The number of ether oxygens (including phenoxy) is 1. The molecule has 1 saturated heterocycles. The van der Waals surface area contributed by atoms with E-state index in [1.54, 1.807) is 0 Å². The van der Waals surface area contributed by atoms with E-state index in [4.69, 9.17) is 4.74 Å². The highest BCUT2D eigenvalue weighted by Gasteiger charge is 2.45. The summed E-state index contributed by atoms with van der Waals surface area (Å²) in [5.74, 6) is 0.322. The van der Waals surface area contributed by atoms with E-state index >= 15 is 0 Å². The van der Waals surface area contributed by atoms with Crippen molar-refractivity contribution in [1.29, 1.82) is 0 Å². The summed E-state index contributed by atoms with van der Waals surface area (Å²) in [4.78, 5) is 0. The van der Waals surface area contributed by atoms with Crippen LogP contribution in [0.25, 0.3) is 0 Å². The van der Waals surface area contributed by atoms with Gasteiger partial charge in [0.15, 0.2) is 6.10 Å². The third kappa shape index (κ3) is 2.64. The molecule has 15 heavy (non-hydrogen) atoms. The highest BCUT2D eigenvalue weighted by molar-refractivity contribution is 4.85. The average Bonchev–Trinajstić information content (AvgIpc) is 2.69. The number of hydrogen-bond donors (Lipinski definition) is 1. The van der Waals surface area contributed by atoms with Crippen LogP contribution < -0.4 is 5.32 Å². The molecule has 88 valence electrons. The van der Waals surface area contributed by atoms with Gasteiger partial charge in [0.1, 0.15) is 0 Å². The van der Waals surface area contributed by atoms with Crippen LogP contribution in [-0.4, -0.2) is 31.5 Å². The lowest BCUT2D eigenvalue weighted by Gasteiger charge is -2.35. The van der Waals surface area contributed by atoms with Crippen molar-refractivity contribution in [1.82, 2.24) is 5.32 Å². The Hall–Kier alpha value is -0.290. The summed E-state index contributed by atoms with van der Waals surface area (Å²) in [7, 11) is 0. The van der Waals surface area contributed by atoms with Gasteiger partial charge in [0.2, 0.25) is 0 Å². The van der Waals surface area contributed by atoms with Crippen molar-refractivity contribution in [2.45, 2.75) is 44.1 Å². The van der Waals surface area contributed by atoms with E-state index in [2.05, 4.69) is 5.32 Å². The Kier molecular flexibility index (Phi) is 3.21. The van der Waals surface area contributed by atoms with Crippen molar-refractivity contribution in [2.75, 3.05) is 13.1 Å². The van der Waals surface area contributed by atoms with Crippen molar-refractivity contribution < 1.29 is 17.9 Å². The van der Waals surface area contributed by atoms with E-state index in [0.717, 1.165) is 25.7 Å². The summed E-state index contributed by atoms with van der Waals surface area (Å²) in [6.07, 6.45) is -1.81. The lowest BCUT2D eigenvalue weighted by Crippen LogP contribution is -2.52. The van der Waals surface area contributed by atoms with Gasteiger partial charge in [0, 0.05) is 13.1 Å². The summed E-state index contributed by atoms with van der Waals surface area (Å²) in [5, 5.41) is 2.82. The number of halogens is 3. The predicted octanol–water partition coefficient (Wildman–Crippen LogP) is 2.10. The molecule has 1 aliphatic carbocycles. The quantitative estimate of drug-likeness (QED) is 0.735. The molecule has 0 amide bonds. The van der Waals surface area contributed by atoms with Crippen molar-refractivity contribution in [3.05, 3.63) is 0 Å². The molecule has 2 fully saturated rings.